The Morgan fingerprint density at radius 2 is 2.00 bits per heavy atom. The molecule has 21 heavy (non-hydrogen) atoms. The van der Waals surface area contributed by atoms with Crippen molar-refractivity contribution in [2.75, 3.05) is 0 Å². The van der Waals surface area contributed by atoms with Crippen LogP contribution >= 0.6 is 11.6 Å². The SMILES string of the molecule is CCCn1c2ccc(Cl)cc2c2cc3ncccc3nc21. The quantitative estimate of drug-likeness (QED) is 0.532. The summed E-state index contributed by atoms with van der Waals surface area (Å²) in [4.78, 5) is 9.23. The third kappa shape index (κ3) is 1.88. The molecule has 0 radical (unpaired) electrons. The predicted octanol–water partition coefficient (Wildman–Crippen LogP) is 4.80. The first-order chi connectivity index (χ1) is 10.3. The van der Waals surface area contributed by atoms with E-state index in [1.165, 1.54) is 5.52 Å². The minimum atomic E-state index is 0.749. The Balaban J connectivity index is 2.22. The van der Waals surface area contributed by atoms with E-state index in [0.717, 1.165) is 45.4 Å². The van der Waals surface area contributed by atoms with E-state index in [9.17, 15) is 0 Å². The Hall–Kier alpha value is -2.13. The molecule has 0 spiro atoms. The van der Waals surface area contributed by atoms with Crippen molar-refractivity contribution in [1.29, 1.82) is 0 Å². The van der Waals surface area contributed by atoms with Gasteiger partial charge in [-0.15, -0.1) is 0 Å². The maximum atomic E-state index is 6.18. The zero-order valence-corrected chi connectivity index (χ0v) is 12.4. The van der Waals surface area contributed by atoms with Gasteiger partial charge < -0.3 is 4.57 Å². The molecule has 3 aromatic heterocycles. The number of hydrogen-bond acceptors (Lipinski definition) is 2. The number of aromatic nitrogens is 3. The number of hydrogen-bond donors (Lipinski definition) is 0. The summed E-state index contributed by atoms with van der Waals surface area (Å²) >= 11 is 6.18. The topological polar surface area (TPSA) is 30.7 Å². The van der Waals surface area contributed by atoms with Gasteiger partial charge >= 0.3 is 0 Å². The summed E-state index contributed by atoms with van der Waals surface area (Å²) in [5.74, 6) is 0. The molecule has 4 heteroatoms. The second kappa shape index (κ2) is 4.71. The number of aryl methyl sites for hydroxylation is 1. The first-order valence-corrected chi connectivity index (χ1v) is 7.49. The molecule has 3 heterocycles. The van der Waals surface area contributed by atoms with Gasteiger partial charge in [-0.25, -0.2) is 4.98 Å². The van der Waals surface area contributed by atoms with Crippen LogP contribution in [0, 0.1) is 0 Å². The van der Waals surface area contributed by atoms with E-state index in [2.05, 4.69) is 28.6 Å². The Morgan fingerprint density at radius 1 is 1.10 bits per heavy atom. The lowest BCUT2D eigenvalue weighted by atomic mass is 10.2. The average Bonchev–Trinajstić information content (AvgIpc) is 2.79. The highest BCUT2D eigenvalue weighted by Crippen LogP contribution is 2.31. The van der Waals surface area contributed by atoms with Crippen molar-refractivity contribution in [1.82, 2.24) is 14.5 Å². The summed E-state index contributed by atoms with van der Waals surface area (Å²) in [6.07, 6.45) is 2.86. The third-order valence-corrected chi connectivity index (χ3v) is 4.04. The van der Waals surface area contributed by atoms with Crippen molar-refractivity contribution in [3.63, 3.8) is 0 Å². The number of pyridine rings is 2. The summed E-state index contributed by atoms with van der Waals surface area (Å²) < 4.78 is 2.27. The Bertz CT molecular complexity index is 972. The maximum Gasteiger partial charge on any atom is 0.141 e. The predicted molar refractivity (Wildman–Crippen MR) is 87.8 cm³/mol. The monoisotopic (exact) mass is 295 g/mol. The first kappa shape index (κ1) is 12.6. The summed E-state index contributed by atoms with van der Waals surface area (Å²) in [5, 5.41) is 3.01. The third-order valence-electron chi connectivity index (χ3n) is 3.81. The van der Waals surface area contributed by atoms with E-state index in [1.807, 2.05) is 24.3 Å². The minimum Gasteiger partial charge on any atom is -0.325 e. The fourth-order valence-corrected chi connectivity index (χ4v) is 3.09. The van der Waals surface area contributed by atoms with Gasteiger partial charge in [0, 0.05) is 28.5 Å². The summed E-state index contributed by atoms with van der Waals surface area (Å²) in [7, 11) is 0. The first-order valence-electron chi connectivity index (χ1n) is 7.11. The number of fused-ring (bicyclic) bond motifs is 4. The van der Waals surface area contributed by atoms with Crippen LogP contribution in [0.15, 0.2) is 42.6 Å². The standard InChI is InChI=1S/C17H14ClN3/c1-2-8-21-16-6-5-11(18)9-12(16)13-10-15-14(20-17(13)21)4-3-7-19-15/h3-7,9-10H,2,8H2,1H3. The molecule has 0 aliphatic carbocycles. The fraction of sp³-hybridized carbons (Fsp3) is 0.176. The Labute approximate surface area is 127 Å². The molecular formula is C17H14ClN3. The number of halogens is 1. The average molecular weight is 296 g/mol. The zero-order chi connectivity index (χ0) is 14.4. The van der Waals surface area contributed by atoms with Gasteiger partial charge in [-0.05, 0) is 42.8 Å². The van der Waals surface area contributed by atoms with Gasteiger partial charge in [-0.3, -0.25) is 4.98 Å². The smallest absolute Gasteiger partial charge is 0.141 e. The second-order valence-corrected chi connectivity index (χ2v) is 5.65. The van der Waals surface area contributed by atoms with Gasteiger partial charge in [0.25, 0.3) is 0 Å². The molecule has 104 valence electrons. The van der Waals surface area contributed by atoms with Gasteiger partial charge in [-0.2, -0.15) is 0 Å². The summed E-state index contributed by atoms with van der Waals surface area (Å²) in [6.45, 7) is 3.12. The van der Waals surface area contributed by atoms with E-state index in [1.54, 1.807) is 6.20 Å². The molecular weight excluding hydrogens is 282 g/mol. The van der Waals surface area contributed by atoms with Crippen molar-refractivity contribution < 1.29 is 0 Å². The lowest BCUT2D eigenvalue weighted by molar-refractivity contribution is 0.718. The number of benzene rings is 1. The van der Waals surface area contributed by atoms with Crippen LogP contribution < -0.4 is 0 Å². The molecule has 0 bridgehead atoms. The van der Waals surface area contributed by atoms with Crippen LogP contribution in [-0.2, 0) is 6.54 Å². The van der Waals surface area contributed by atoms with E-state index >= 15 is 0 Å². The van der Waals surface area contributed by atoms with E-state index < -0.39 is 0 Å². The highest BCUT2D eigenvalue weighted by Gasteiger charge is 2.13. The fourth-order valence-electron chi connectivity index (χ4n) is 2.92. The van der Waals surface area contributed by atoms with Gasteiger partial charge in [-0.1, -0.05) is 18.5 Å². The molecule has 4 rings (SSSR count). The molecule has 0 saturated carbocycles. The minimum absolute atomic E-state index is 0.749. The van der Waals surface area contributed by atoms with Gasteiger partial charge in [0.05, 0.1) is 16.6 Å². The van der Waals surface area contributed by atoms with Crippen molar-refractivity contribution in [2.45, 2.75) is 19.9 Å². The van der Waals surface area contributed by atoms with E-state index in [4.69, 9.17) is 16.6 Å². The van der Waals surface area contributed by atoms with Gasteiger partial charge in [0.15, 0.2) is 0 Å². The van der Waals surface area contributed by atoms with Gasteiger partial charge in [0.1, 0.15) is 5.65 Å². The van der Waals surface area contributed by atoms with Crippen LogP contribution in [0.5, 0.6) is 0 Å². The summed E-state index contributed by atoms with van der Waals surface area (Å²) in [5.41, 5.74) is 4.03. The van der Waals surface area contributed by atoms with E-state index in [0.29, 0.717) is 0 Å². The van der Waals surface area contributed by atoms with Crippen LogP contribution in [0.3, 0.4) is 0 Å². The number of rotatable bonds is 2. The largest absolute Gasteiger partial charge is 0.325 e. The lowest BCUT2D eigenvalue weighted by Gasteiger charge is -2.04. The van der Waals surface area contributed by atoms with Crippen LogP contribution in [0.4, 0.5) is 0 Å². The normalized spacial score (nSPS) is 11.7. The molecule has 4 aromatic rings. The summed E-state index contributed by atoms with van der Waals surface area (Å²) in [6, 6.07) is 12.1. The molecule has 0 saturated heterocycles. The lowest BCUT2D eigenvalue weighted by Crippen LogP contribution is -1.97. The molecule has 0 aliphatic rings. The van der Waals surface area contributed by atoms with Crippen molar-refractivity contribution in [2.24, 2.45) is 0 Å². The number of nitrogens with zero attached hydrogens (tertiary/aromatic N) is 3. The highest BCUT2D eigenvalue weighted by atomic mass is 35.5. The van der Waals surface area contributed by atoms with Crippen molar-refractivity contribution in [3.05, 3.63) is 47.6 Å². The molecule has 0 N–H and O–H groups in total. The Morgan fingerprint density at radius 3 is 2.86 bits per heavy atom. The van der Waals surface area contributed by atoms with Crippen molar-refractivity contribution >= 4 is 44.6 Å². The zero-order valence-electron chi connectivity index (χ0n) is 11.7. The van der Waals surface area contributed by atoms with Crippen LogP contribution in [0.25, 0.3) is 33.0 Å². The maximum absolute atomic E-state index is 6.18. The molecule has 0 aliphatic heterocycles. The molecule has 3 nitrogen and oxygen atoms in total. The highest BCUT2D eigenvalue weighted by molar-refractivity contribution is 6.31. The molecule has 0 atom stereocenters. The van der Waals surface area contributed by atoms with Gasteiger partial charge in [0.2, 0.25) is 0 Å². The van der Waals surface area contributed by atoms with Crippen LogP contribution in [0.2, 0.25) is 5.02 Å². The van der Waals surface area contributed by atoms with Crippen molar-refractivity contribution in [3.8, 4) is 0 Å². The Kier molecular flexibility index (Phi) is 2.82. The van der Waals surface area contributed by atoms with Crippen LogP contribution in [0.1, 0.15) is 13.3 Å². The van der Waals surface area contributed by atoms with Crippen LogP contribution in [-0.4, -0.2) is 14.5 Å². The molecule has 1 aromatic carbocycles. The molecule has 0 fully saturated rings. The molecule has 0 amide bonds. The second-order valence-electron chi connectivity index (χ2n) is 5.21. The van der Waals surface area contributed by atoms with E-state index in [-0.39, 0.29) is 0 Å². The molecule has 0 unspecified atom stereocenters.